The van der Waals surface area contributed by atoms with Crippen LogP contribution in [-0.4, -0.2) is 241 Å². The maximum absolute atomic E-state index is 14.4. The summed E-state index contributed by atoms with van der Waals surface area (Å²) in [7, 11) is 0. The smallest absolute Gasteiger partial charge is 0.326 e. The van der Waals surface area contributed by atoms with Gasteiger partial charge < -0.3 is 95.2 Å². The Hall–Kier alpha value is -8.96. The number of aliphatic carboxylic acids is 3. The number of carboxylic acid groups (broad SMARTS) is 3. The van der Waals surface area contributed by atoms with Gasteiger partial charge in [0.2, 0.25) is 65.0 Å². The molecule has 13 atom stereocenters. The van der Waals surface area contributed by atoms with E-state index in [1.807, 2.05) is 20.8 Å². The Labute approximate surface area is 560 Å². The van der Waals surface area contributed by atoms with Gasteiger partial charge >= 0.3 is 17.9 Å². The second kappa shape index (κ2) is 39.8. The third-order valence-electron chi connectivity index (χ3n) is 16.3. The summed E-state index contributed by atoms with van der Waals surface area (Å²) >= 11 is 1.27. The van der Waals surface area contributed by atoms with E-state index in [0.29, 0.717) is 25.0 Å². The predicted octanol–water partition coefficient (Wildman–Crippen LogP) is -3.78. The summed E-state index contributed by atoms with van der Waals surface area (Å²) in [6.07, 6.45) is 5.75. The Balaban J connectivity index is 1.47. The van der Waals surface area contributed by atoms with Crippen LogP contribution >= 0.6 is 11.8 Å². The lowest BCUT2D eigenvalue weighted by Crippen LogP contribution is -2.60. The van der Waals surface area contributed by atoms with Crippen LogP contribution in [0.3, 0.4) is 0 Å². The second-order valence-electron chi connectivity index (χ2n) is 24.6. The summed E-state index contributed by atoms with van der Waals surface area (Å²) in [4.78, 5) is 206. The molecule has 1 aromatic rings. The monoisotopic (exact) mass is 1370 g/mol. The van der Waals surface area contributed by atoms with Crippen molar-refractivity contribution in [2.75, 3.05) is 38.2 Å². The van der Waals surface area contributed by atoms with Crippen LogP contribution in [0, 0.1) is 11.8 Å². The SMILES string of the molecule is CSCC[C@H](NC(=O)[C@H](C)NC(=O)[C@H](Cc1cnc[nH]1)NC(=O)[C@@H]1CCCN1C(=O)[C@H](CC(C)C)NC(=O)[C@H](C)N)C(=O)N[C@@H](CCC(=O)O)C(=O)N[C@@H](CC(=O)O)C(=O)N1CCC[C@H]1C(=O)N[C@@H](CCCN=C(N)N)C(=O)N[C@@H](CCCCNC(=O)[C@@H]1N=CC[C@H]1C)C(=O)O. The van der Waals surface area contributed by atoms with Gasteiger partial charge in [0.15, 0.2) is 5.96 Å². The number of nitrogens with zero attached hydrogens (tertiary/aromatic N) is 5. The molecule has 0 unspecified atom stereocenters. The fourth-order valence-corrected chi connectivity index (χ4v) is 11.5. The number of aliphatic imine (C=N–C) groups is 2. The normalized spacial score (nSPS) is 19.3. The summed E-state index contributed by atoms with van der Waals surface area (Å²) in [6, 6.07) is -15.6. The number of guanidine groups is 1. The van der Waals surface area contributed by atoms with Crippen LogP contribution < -0.4 is 65.1 Å². The third kappa shape index (κ3) is 26.0. The Morgan fingerprint density at radius 3 is 1.72 bits per heavy atom. The minimum Gasteiger partial charge on any atom is -0.481 e. The highest BCUT2D eigenvalue weighted by molar-refractivity contribution is 7.98. The standard InChI is InChI=1S/C60H96N18O17S/c1-31(2)26-41(75-48(83)33(4)61)57(92)77-23-11-15-44(77)55(90)74-40(27-35-29-64-30-68-35)53(88)69-34(5)49(84)70-38(19-25-96-6)52(87)71-37(16-17-45(79)80)51(86)76-42(28-46(81)82)58(93)78-24-10-14-43(78)54(89)72-36(13-9-21-67-60(62)63)50(85)73-39(59(94)95)12-7-8-20-66-56(91)47-32(3)18-22-65-47/h22,29-34,36-44,47H,7-21,23-28,61H2,1-6H3,(H,64,68)(H,66,91)(H,69,88)(H,70,84)(H,71,87)(H,72,89)(H,73,85)(H,74,90)(H,75,83)(H,76,86)(H,79,80)(H,81,82)(H,94,95)(H4,62,63,67)/t32-,33+,34+,36+,37+,38+,39+,40+,41+,42+,43+,44+,47-/m1/s1. The highest BCUT2D eigenvalue weighted by atomic mass is 32.2. The Bertz CT molecular complexity index is 2950. The van der Waals surface area contributed by atoms with Gasteiger partial charge in [0.25, 0.3) is 0 Å². The van der Waals surface area contributed by atoms with Crippen LogP contribution in [0.5, 0.6) is 0 Å². The fourth-order valence-electron chi connectivity index (χ4n) is 11.0. The van der Waals surface area contributed by atoms with Gasteiger partial charge in [-0.1, -0.05) is 20.8 Å². The van der Waals surface area contributed by atoms with Crippen molar-refractivity contribution in [3.63, 3.8) is 0 Å². The summed E-state index contributed by atoms with van der Waals surface area (Å²) in [5, 5.41) is 52.8. The molecule has 0 aliphatic carbocycles. The molecule has 0 saturated carbocycles. The number of aromatic nitrogens is 2. The van der Waals surface area contributed by atoms with Crippen LogP contribution in [0.2, 0.25) is 0 Å². The van der Waals surface area contributed by atoms with E-state index < -0.39 is 169 Å². The van der Waals surface area contributed by atoms with Gasteiger partial charge in [0.05, 0.1) is 18.8 Å². The van der Waals surface area contributed by atoms with Gasteiger partial charge in [-0.05, 0) is 121 Å². The van der Waals surface area contributed by atoms with Gasteiger partial charge in [-0.2, -0.15) is 11.8 Å². The molecule has 4 heterocycles. The first-order valence-corrected chi connectivity index (χ1v) is 33.6. The molecule has 96 heavy (non-hydrogen) atoms. The molecule has 3 aliphatic heterocycles. The molecule has 2 saturated heterocycles. The first-order chi connectivity index (χ1) is 45.4. The quantitative estimate of drug-likeness (QED) is 0.0170. The van der Waals surface area contributed by atoms with Crippen molar-refractivity contribution in [1.29, 1.82) is 0 Å². The molecule has 1 aromatic heterocycles. The van der Waals surface area contributed by atoms with Crippen LogP contribution in [0.1, 0.15) is 137 Å². The number of amides is 11. The predicted molar refractivity (Wildman–Crippen MR) is 349 cm³/mol. The molecule has 3 aliphatic rings. The van der Waals surface area contributed by atoms with Crippen molar-refractivity contribution in [3.8, 4) is 0 Å². The number of hydrogen-bond donors (Lipinski definition) is 16. The maximum atomic E-state index is 14.4. The van der Waals surface area contributed by atoms with E-state index >= 15 is 0 Å². The zero-order valence-corrected chi connectivity index (χ0v) is 55.9. The largest absolute Gasteiger partial charge is 0.481 e. The molecule has 534 valence electrons. The topological polar surface area (TPSA) is 546 Å². The van der Waals surface area contributed by atoms with Gasteiger partial charge in [0.1, 0.15) is 66.5 Å². The van der Waals surface area contributed by atoms with E-state index in [2.05, 4.69) is 67.8 Å². The first kappa shape index (κ1) is 79.5. The van der Waals surface area contributed by atoms with Crippen molar-refractivity contribution in [2.45, 2.75) is 210 Å². The van der Waals surface area contributed by atoms with Crippen LogP contribution in [0.15, 0.2) is 22.5 Å². The van der Waals surface area contributed by atoms with Crippen LogP contribution in [0.25, 0.3) is 0 Å². The molecule has 11 amide bonds. The number of carbonyl (C=O) groups is 14. The highest BCUT2D eigenvalue weighted by Crippen LogP contribution is 2.23. The van der Waals surface area contributed by atoms with E-state index in [0.717, 1.165) is 4.90 Å². The third-order valence-corrected chi connectivity index (χ3v) is 16.9. The number of hydrogen-bond acceptors (Lipinski definition) is 19. The number of carbonyl (C=O) groups excluding carboxylic acids is 11. The summed E-state index contributed by atoms with van der Waals surface area (Å²) in [5.74, 6) is -13.3. The van der Waals surface area contributed by atoms with Gasteiger partial charge in [0, 0.05) is 57.1 Å². The zero-order chi connectivity index (χ0) is 71.3. The van der Waals surface area contributed by atoms with Gasteiger partial charge in [-0.3, -0.25) is 72.3 Å². The number of nitrogens with two attached hydrogens (primary N) is 3. The number of likely N-dealkylation sites (tertiary alicyclic amines) is 2. The van der Waals surface area contributed by atoms with Crippen molar-refractivity contribution < 1.29 is 82.4 Å². The van der Waals surface area contributed by atoms with Crippen molar-refractivity contribution in [3.05, 3.63) is 18.2 Å². The summed E-state index contributed by atoms with van der Waals surface area (Å²) in [5.41, 5.74) is 17.1. The van der Waals surface area contributed by atoms with Crippen molar-refractivity contribution in [2.24, 2.45) is 39.0 Å². The molecule has 2 fully saturated rings. The second-order valence-corrected chi connectivity index (χ2v) is 25.6. The van der Waals surface area contributed by atoms with E-state index in [1.165, 1.54) is 43.0 Å². The molecule has 35 nitrogen and oxygen atoms in total. The number of imidazole rings is 1. The number of carboxylic acids is 3. The Kier molecular flexibility index (Phi) is 32.9. The number of nitrogens with one attached hydrogen (secondary N) is 10. The summed E-state index contributed by atoms with van der Waals surface area (Å²) in [6.45, 7) is 8.64. The zero-order valence-electron chi connectivity index (χ0n) is 55.1. The highest BCUT2D eigenvalue weighted by Gasteiger charge is 2.43. The van der Waals surface area contributed by atoms with E-state index in [1.54, 1.807) is 12.5 Å². The van der Waals surface area contributed by atoms with E-state index in [9.17, 15) is 82.4 Å². The molecule has 36 heteroatoms. The maximum Gasteiger partial charge on any atom is 0.326 e. The van der Waals surface area contributed by atoms with E-state index in [4.69, 9.17) is 17.2 Å². The Morgan fingerprint density at radius 1 is 0.646 bits per heavy atom. The molecule has 19 N–H and O–H groups in total. The van der Waals surface area contributed by atoms with Crippen LogP contribution in [0.4, 0.5) is 0 Å². The number of H-pyrrole nitrogens is 1. The molecule has 0 bridgehead atoms. The molecular weight excluding hydrogens is 1280 g/mol. The van der Waals surface area contributed by atoms with Crippen LogP contribution in [-0.2, 0) is 73.5 Å². The molecule has 0 spiro atoms. The average molecular weight is 1370 g/mol. The molecule has 0 aromatic carbocycles. The molecule has 0 radical (unpaired) electrons. The van der Waals surface area contributed by atoms with Crippen molar-refractivity contribution in [1.82, 2.24) is 67.6 Å². The number of rotatable bonds is 41. The lowest BCUT2D eigenvalue weighted by molar-refractivity contribution is -0.146. The number of thioether (sulfide) groups is 1. The number of aromatic amines is 1. The Morgan fingerprint density at radius 2 is 1.19 bits per heavy atom. The molecule has 4 rings (SSSR count). The number of unbranched alkanes of at least 4 members (excludes halogenated alkanes) is 1. The lowest BCUT2D eigenvalue weighted by Gasteiger charge is -2.31. The lowest BCUT2D eigenvalue weighted by atomic mass is 10.0. The molecular formula is C60H96N18O17S. The van der Waals surface area contributed by atoms with Crippen molar-refractivity contribution >= 4 is 107 Å². The average Bonchev–Trinajstić information content (AvgIpc) is 2.00. The fraction of sp³-hybridized carbons (Fsp3) is 0.683. The van der Waals surface area contributed by atoms with E-state index in [-0.39, 0.29) is 120 Å². The van der Waals surface area contributed by atoms with Gasteiger partial charge in [-0.25, -0.2) is 9.78 Å². The summed E-state index contributed by atoms with van der Waals surface area (Å²) < 4.78 is 0. The first-order valence-electron chi connectivity index (χ1n) is 32.2. The van der Waals surface area contributed by atoms with Gasteiger partial charge in [-0.15, -0.1) is 0 Å². The minimum absolute atomic E-state index is 0.00128. The minimum atomic E-state index is -1.93.